The van der Waals surface area contributed by atoms with Crippen molar-refractivity contribution in [1.29, 1.82) is 0 Å². The van der Waals surface area contributed by atoms with E-state index in [1.54, 1.807) is 18.8 Å². The summed E-state index contributed by atoms with van der Waals surface area (Å²) < 4.78 is 0. The van der Waals surface area contributed by atoms with Crippen LogP contribution < -0.4 is 10.6 Å². The fourth-order valence-electron chi connectivity index (χ4n) is 1.00. The van der Waals surface area contributed by atoms with E-state index in [0.717, 1.165) is 5.69 Å². The van der Waals surface area contributed by atoms with Crippen molar-refractivity contribution in [1.82, 2.24) is 5.32 Å². The van der Waals surface area contributed by atoms with Gasteiger partial charge in [0, 0.05) is 17.6 Å². The molecule has 0 aliphatic heterocycles. The Labute approximate surface area is 88.3 Å². The first kappa shape index (κ1) is 10.9. The second kappa shape index (κ2) is 5.54. The Morgan fingerprint density at radius 3 is 2.93 bits per heavy atom. The maximum Gasteiger partial charge on any atom is 0.239 e. The van der Waals surface area contributed by atoms with E-state index < -0.39 is 0 Å². The van der Waals surface area contributed by atoms with Crippen molar-refractivity contribution in [3.63, 3.8) is 0 Å². The molecule has 0 aliphatic rings. The zero-order valence-electron chi connectivity index (χ0n) is 8.33. The van der Waals surface area contributed by atoms with Crippen molar-refractivity contribution in [2.75, 3.05) is 25.2 Å². The van der Waals surface area contributed by atoms with Gasteiger partial charge >= 0.3 is 0 Å². The van der Waals surface area contributed by atoms with E-state index in [0.29, 0.717) is 6.54 Å². The quantitative estimate of drug-likeness (QED) is 0.741. The van der Waals surface area contributed by atoms with E-state index in [1.807, 2.05) is 30.5 Å². The summed E-state index contributed by atoms with van der Waals surface area (Å²) in [5, 5.41) is 5.60. The summed E-state index contributed by atoms with van der Waals surface area (Å²) in [6.45, 7) is 0.314. The Hall–Kier alpha value is -1.16. The summed E-state index contributed by atoms with van der Waals surface area (Å²) in [6.07, 6.45) is 2.03. The smallest absolute Gasteiger partial charge is 0.239 e. The number of carbonyl (C=O) groups excluding carboxylic acids is 1. The molecule has 0 heterocycles. The molecule has 0 bridgehead atoms. The van der Waals surface area contributed by atoms with Crippen LogP contribution in [0.5, 0.6) is 0 Å². The molecule has 1 rings (SSSR count). The second-order valence-electron chi connectivity index (χ2n) is 2.76. The molecule has 0 fully saturated rings. The number of amides is 1. The minimum Gasteiger partial charge on any atom is -0.376 e. The number of hydrogen-bond acceptors (Lipinski definition) is 3. The first-order valence-corrected chi connectivity index (χ1v) is 5.57. The van der Waals surface area contributed by atoms with E-state index in [1.165, 1.54) is 4.90 Å². The average molecular weight is 210 g/mol. The van der Waals surface area contributed by atoms with Crippen LogP contribution in [0.25, 0.3) is 0 Å². The van der Waals surface area contributed by atoms with E-state index >= 15 is 0 Å². The second-order valence-corrected chi connectivity index (χ2v) is 3.64. The first-order valence-electron chi connectivity index (χ1n) is 4.34. The number of carbonyl (C=O) groups is 1. The zero-order chi connectivity index (χ0) is 10.4. The largest absolute Gasteiger partial charge is 0.376 e. The molecule has 76 valence electrons. The lowest BCUT2D eigenvalue weighted by Gasteiger charge is -2.06. The third-order valence-corrected chi connectivity index (χ3v) is 2.53. The highest BCUT2D eigenvalue weighted by molar-refractivity contribution is 7.98. The molecule has 0 saturated carbocycles. The standard InChI is InChI=1S/C10H14N2OS/c1-11-10(13)7-12-8-4-3-5-9(6-8)14-2/h3-6,12H,7H2,1-2H3,(H,11,13). The van der Waals surface area contributed by atoms with E-state index in [-0.39, 0.29) is 5.91 Å². The molecule has 0 aliphatic carbocycles. The highest BCUT2D eigenvalue weighted by atomic mass is 32.2. The van der Waals surface area contributed by atoms with Crippen LogP contribution in [0.4, 0.5) is 5.69 Å². The number of hydrogen-bond donors (Lipinski definition) is 2. The summed E-state index contributed by atoms with van der Waals surface area (Å²) in [5.41, 5.74) is 0.973. The van der Waals surface area contributed by atoms with Crippen molar-refractivity contribution < 1.29 is 4.79 Å². The number of thioether (sulfide) groups is 1. The number of rotatable bonds is 4. The van der Waals surface area contributed by atoms with Gasteiger partial charge in [0.2, 0.25) is 5.91 Å². The van der Waals surface area contributed by atoms with Gasteiger partial charge in [-0.2, -0.15) is 0 Å². The summed E-state index contributed by atoms with van der Waals surface area (Å²) in [6, 6.07) is 7.98. The van der Waals surface area contributed by atoms with Gasteiger partial charge in [-0.1, -0.05) is 6.07 Å². The average Bonchev–Trinajstić information content (AvgIpc) is 2.26. The summed E-state index contributed by atoms with van der Waals surface area (Å²) in [7, 11) is 1.63. The fourth-order valence-corrected chi connectivity index (χ4v) is 1.46. The van der Waals surface area contributed by atoms with E-state index in [9.17, 15) is 4.79 Å². The molecule has 1 aromatic rings. The van der Waals surface area contributed by atoms with Crippen LogP contribution in [-0.2, 0) is 4.79 Å². The molecule has 0 saturated heterocycles. The van der Waals surface area contributed by atoms with Gasteiger partial charge in [-0.05, 0) is 24.5 Å². The molecule has 0 spiro atoms. The third kappa shape index (κ3) is 3.30. The molecule has 0 unspecified atom stereocenters. The van der Waals surface area contributed by atoms with Crippen LogP contribution in [0.2, 0.25) is 0 Å². The predicted octanol–water partition coefficient (Wildman–Crippen LogP) is 1.57. The highest BCUT2D eigenvalue weighted by Gasteiger charge is 1.98. The Kier molecular flexibility index (Phi) is 4.32. The Balaban J connectivity index is 2.54. The molecule has 0 radical (unpaired) electrons. The molecule has 4 heteroatoms. The fraction of sp³-hybridized carbons (Fsp3) is 0.300. The minimum absolute atomic E-state index is 0.0143. The van der Waals surface area contributed by atoms with Gasteiger partial charge in [0.05, 0.1) is 6.54 Å². The van der Waals surface area contributed by atoms with Crippen molar-refractivity contribution in [3.05, 3.63) is 24.3 Å². The molecule has 14 heavy (non-hydrogen) atoms. The van der Waals surface area contributed by atoms with Crippen LogP contribution in [-0.4, -0.2) is 25.8 Å². The van der Waals surface area contributed by atoms with Gasteiger partial charge in [-0.15, -0.1) is 11.8 Å². The molecular weight excluding hydrogens is 196 g/mol. The van der Waals surface area contributed by atoms with Crippen LogP contribution in [0.1, 0.15) is 0 Å². The van der Waals surface area contributed by atoms with Gasteiger partial charge in [0.15, 0.2) is 0 Å². The third-order valence-electron chi connectivity index (χ3n) is 1.80. The summed E-state index contributed by atoms with van der Waals surface area (Å²) in [5.74, 6) is -0.0143. The van der Waals surface area contributed by atoms with Gasteiger partial charge in [0.1, 0.15) is 0 Å². The lowest BCUT2D eigenvalue weighted by atomic mass is 10.3. The van der Waals surface area contributed by atoms with Gasteiger partial charge < -0.3 is 10.6 Å². The molecule has 0 aromatic heterocycles. The van der Waals surface area contributed by atoms with Gasteiger partial charge in [-0.3, -0.25) is 4.79 Å². The normalized spacial score (nSPS) is 9.57. The Bertz CT molecular complexity index is 315. The van der Waals surface area contributed by atoms with Crippen molar-refractivity contribution in [3.8, 4) is 0 Å². The molecule has 0 atom stereocenters. The molecule has 3 nitrogen and oxygen atoms in total. The number of likely N-dealkylation sites (N-methyl/N-ethyl adjacent to an activating group) is 1. The lowest BCUT2D eigenvalue weighted by molar-refractivity contribution is -0.118. The summed E-state index contributed by atoms with van der Waals surface area (Å²) in [4.78, 5) is 12.1. The maximum atomic E-state index is 11.0. The Morgan fingerprint density at radius 1 is 1.50 bits per heavy atom. The molecule has 1 amide bonds. The van der Waals surface area contributed by atoms with Crippen molar-refractivity contribution in [2.45, 2.75) is 4.90 Å². The van der Waals surface area contributed by atoms with Crippen molar-refractivity contribution >= 4 is 23.4 Å². The number of anilines is 1. The highest BCUT2D eigenvalue weighted by Crippen LogP contribution is 2.18. The Morgan fingerprint density at radius 2 is 2.29 bits per heavy atom. The molecular formula is C10H14N2OS. The van der Waals surface area contributed by atoms with E-state index in [2.05, 4.69) is 10.6 Å². The van der Waals surface area contributed by atoms with Crippen LogP contribution >= 0.6 is 11.8 Å². The minimum atomic E-state index is -0.0143. The monoisotopic (exact) mass is 210 g/mol. The molecule has 2 N–H and O–H groups in total. The summed E-state index contributed by atoms with van der Waals surface area (Å²) >= 11 is 1.68. The predicted molar refractivity (Wildman–Crippen MR) is 60.8 cm³/mol. The number of nitrogens with one attached hydrogen (secondary N) is 2. The van der Waals surface area contributed by atoms with Crippen LogP contribution in [0.15, 0.2) is 29.2 Å². The van der Waals surface area contributed by atoms with Gasteiger partial charge in [-0.25, -0.2) is 0 Å². The van der Waals surface area contributed by atoms with Crippen molar-refractivity contribution in [2.24, 2.45) is 0 Å². The molecule has 1 aromatic carbocycles. The zero-order valence-corrected chi connectivity index (χ0v) is 9.15. The first-order chi connectivity index (χ1) is 6.76. The lowest BCUT2D eigenvalue weighted by Crippen LogP contribution is -2.26. The topological polar surface area (TPSA) is 41.1 Å². The van der Waals surface area contributed by atoms with Gasteiger partial charge in [0.25, 0.3) is 0 Å². The SMILES string of the molecule is CNC(=O)CNc1cccc(SC)c1. The van der Waals surface area contributed by atoms with Crippen LogP contribution in [0.3, 0.4) is 0 Å². The number of benzene rings is 1. The van der Waals surface area contributed by atoms with E-state index in [4.69, 9.17) is 0 Å². The van der Waals surface area contributed by atoms with Crippen LogP contribution in [0, 0.1) is 0 Å². The maximum absolute atomic E-state index is 11.0.